The summed E-state index contributed by atoms with van der Waals surface area (Å²) >= 11 is 0. The maximum absolute atomic E-state index is 12.3. The van der Waals surface area contributed by atoms with Crippen LogP contribution in [0, 0.1) is 11.8 Å². The van der Waals surface area contributed by atoms with Gasteiger partial charge in [-0.05, 0) is 57.4 Å². The van der Waals surface area contributed by atoms with Crippen molar-refractivity contribution < 1.29 is 8.42 Å². The Kier molecular flexibility index (Phi) is 13.1. The Bertz CT molecular complexity index is 607. The third-order valence-electron chi connectivity index (χ3n) is 5.73. The second kappa shape index (κ2) is 14.1. The maximum atomic E-state index is 12.3. The van der Waals surface area contributed by atoms with Crippen molar-refractivity contribution >= 4 is 40.0 Å². The molecule has 0 aliphatic carbocycles. The molecular formula is C21H44IN5O2S. The van der Waals surface area contributed by atoms with Crippen molar-refractivity contribution in [1.29, 1.82) is 0 Å². The van der Waals surface area contributed by atoms with Gasteiger partial charge in [0, 0.05) is 45.3 Å². The summed E-state index contributed by atoms with van der Waals surface area (Å²) in [5, 5.41) is 6.92. The molecule has 2 rings (SSSR count). The fraction of sp³-hybridized carbons (Fsp3) is 0.952. The van der Waals surface area contributed by atoms with Gasteiger partial charge < -0.3 is 15.5 Å². The molecule has 2 saturated heterocycles. The van der Waals surface area contributed by atoms with Crippen LogP contribution in [-0.2, 0) is 10.0 Å². The molecule has 9 heteroatoms. The molecule has 30 heavy (non-hydrogen) atoms. The number of aliphatic imine (C=N–C) groups is 1. The summed E-state index contributed by atoms with van der Waals surface area (Å²) in [4.78, 5) is 7.46. The summed E-state index contributed by atoms with van der Waals surface area (Å²) in [5.74, 6) is 2.47. The van der Waals surface area contributed by atoms with Gasteiger partial charge in [-0.2, -0.15) is 0 Å². The summed E-state index contributed by atoms with van der Waals surface area (Å²) < 4.78 is 26.2. The lowest BCUT2D eigenvalue weighted by atomic mass is 9.97. The van der Waals surface area contributed by atoms with E-state index in [1.165, 1.54) is 25.9 Å². The van der Waals surface area contributed by atoms with Gasteiger partial charge in [0.15, 0.2) is 5.96 Å². The van der Waals surface area contributed by atoms with Crippen LogP contribution >= 0.6 is 24.0 Å². The van der Waals surface area contributed by atoms with E-state index in [0.717, 1.165) is 38.4 Å². The normalized spacial score (nSPS) is 22.7. The highest BCUT2D eigenvalue weighted by Crippen LogP contribution is 2.18. The number of nitrogens with zero attached hydrogens (tertiary/aromatic N) is 3. The van der Waals surface area contributed by atoms with Crippen LogP contribution in [-0.4, -0.2) is 81.2 Å². The third-order valence-corrected chi connectivity index (χ3v) is 7.80. The summed E-state index contributed by atoms with van der Waals surface area (Å²) in [5.41, 5.74) is 0. The number of rotatable bonds is 9. The predicted molar refractivity (Wildman–Crippen MR) is 137 cm³/mol. The van der Waals surface area contributed by atoms with E-state index in [1.807, 2.05) is 6.92 Å². The first-order valence-corrected chi connectivity index (χ1v) is 13.2. The number of halogens is 1. The summed E-state index contributed by atoms with van der Waals surface area (Å²) in [6, 6.07) is 0.282. The lowest BCUT2D eigenvalue weighted by Gasteiger charge is -2.34. The quantitative estimate of drug-likeness (QED) is 0.259. The predicted octanol–water partition coefficient (Wildman–Crippen LogP) is 2.73. The number of hydrogen-bond acceptors (Lipinski definition) is 4. The third kappa shape index (κ3) is 9.56. The Morgan fingerprint density at radius 1 is 1.13 bits per heavy atom. The first-order chi connectivity index (χ1) is 13.8. The van der Waals surface area contributed by atoms with Crippen molar-refractivity contribution in [3.8, 4) is 0 Å². The van der Waals surface area contributed by atoms with E-state index < -0.39 is 10.0 Å². The van der Waals surface area contributed by atoms with Crippen molar-refractivity contribution in [2.45, 2.75) is 65.8 Å². The van der Waals surface area contributed by atoms with Gasteiger partial charge in [0.25, 0.3) is 0 Å². The van der Waals surface area contributed by atoms with E-state index in [-0.39, 0.29) is 35.8 Å². The Hall–Kier alpha value is -0.130. The largest absolute Gasteiger partial charge is 0.357 e. The minimum Gasteiger partial charge on any atom is -0.357 e. The molecule has 0 aromatic rings. The van der Waals surface area contributed by atoms with E-state index >= 15 is 0 Å². The number of piperidine rings is 2. The number of guanidine groups is 1. The summed E-state index contributed by atoms with van der Waals surface area (Å²) in [6.45, 7) is 15.0. The Balaban J connectivity index is 0.00000450. The first kappa shape index (κ1) is 27.9. The molecule has 1 atom stereocenters. The molecule has 0 aromatic heterocycles. The molecule has 0 spiro atoms. The summed E-state index contributed by atoms with van der Waals surface area (Å²) in [7, 11) is -3.08. The monoisotopic (exact) mass is 557 g/mol. The van der Waals surface area contributed by atoms with Gasteiger partial charge in [0.1, 0.15) is 0 Å². The highest BCUT2D eigenvalue weighted by Gasteiger charge is 2.27. The van der Waals surface area contributed by atoms with Gasteiger partial charge in [-0.15, -0.1) is 24.0 Å². The number of likely N-dealkylation sites (tertiary alicyclic amines) is 1. The topological polar surface area (TPSA) is 77.0 Å². The van der Waals surface area contributed by atoms with Gasteiger partial charge >= 0.3 is 0 Å². The standard InChI is InChI=1S/C21H43N5O2S.HI/c1-5-14-29(27,28)26-12-9-20(10-13-26)24-21(22-6-2)23-15-19-8-7-11-25(17-19)16-18(3)4;/h18-20H,5-17H2,1-4H3,(H2,22,23,24);1H. The van der Waals surface area contributed by atoms with E-state index in [1.54, 1.807) is 4.31 Å². The van der Waals surface area contributed by atoms with Crippen LogP contribution in [0.4, 0.5) is 0 Å². The van der Waals surface area contributed by atoms with Gasteiger partial charge in [0.05, 0.1) is 5.75 Å². The van der Waals surface area contributed by atoms with Gasteiger partial charge in [-0.25, -0.2) is 12.7 Å². The van der Waals surface area contributed by atoms with Crippen LogP contribution in [0.3, 0.4) is 0 Å². The van der Waals surface area contributed by atoms with Crippen LogP contribution in [0.2, 0.25) is 0 Å². The van der Waals surface area contributed by atoms with Crippen LogP contribution in [0.1, 0.15) is 59.8 Å². The molecule has 178 valence electrons. The Morgan fingerprint density at radius 2 is 1.83 bits per heavy atom. The van der Waals surface area contributed by atoms with Crippen molar-refractivity contribution in [2.75, 3.05) is 51.6 Å². The fourth-order valence-electron chi connectivity index (χ4n) is 4.38. The molecule has 0 amide bonds. The van der Waals surface area contributed by atoms with E-state index in [4.69, 9.17) is 4.99 Å². The number of hydrogen-bond donors (Lipinski definition) is 2. The van der Waals surface area contributed by atoms with Crippen LogP contribution in [0.25, 0.3) is 0 Å². The molecule has 2 fully saturated rings. The van der Waals surface area contributed by atoms with Crippen molar-refractivity contribution in [1.82, 2.24) is 19.8 Å². The Morgan fingerprint density at radius 3 is 2.43 bits per heavy atom. The summed E-state index contributed by atoms with van der Waals surface area (Å²) in [6.07, 6.45) is 4.86. The smallest absolute Gasteiger partial charge is 0.214 e. The van der Waals surface area contributed by atoms with Gasteiger partial charge in [0.2, 0.25) is 10.0 Å². The molecule has 7 nitrogen and oxygen atoms in total. The van der Waals surface area contributed by atoms with Gasteiger partial charge in [-0.3, -0.25) is 4.99 Å². The average molecular weight is 558 g/mol. The molecule has 1 unspecified atom stereocenters. The van der Waals surface area contributed by atoms with Crippen LogP contribution in [0.5, 0.6) is 0 Å². The van der Waals surface area contributed by atoms with E-state index in [9.17, 15) is 8.42 Å². The maximum Gasteiger partial charge on any atom is 0.214 e. The SMILES string of the molecule is CCCS(=O)(=O)N1CCC(NC(=NCC2CCCN(CC(C)C)C2)NCC)CC1.I. The lowest BCUT2D eigenvalue weighted by Crippen LogP contribution is -2.50. The van der Waals surface area contributed by atoms with Crippen LogP contribution in [0.15, 0.2) is 4.99 Å². The van der Waals surface area contributed by atoms with Crippen molar-refractivity contribution in [3.05, 3.63) is 0 Å². The van der Waals surface area contributed by atoms with E-state index in [0.29, 0.717) is 31.3 Å². The lowest BCUT2D eigenvalue weighted by molar-refractivity contribution is 0.162. The highest BCUT2D eigenvalue weighted by molar-refractivity contribution is 14.0. The zero-order valence-electron chi connectivity index (χ0n) is 19.4. The van der Waals surface area contributed by atoms with Crippen LogP contribution < -0.4 is 10.6 Å². The molecular weight excluding hydrogens is 513 g/mol. The molecule has 0 aromatic carbocycles. The molecule has 2 aliphatic heterocycles. The number of nitrogens with one attached hydrogen (secondary N) is 2. The fourth-order valence-corrected chi connectivity index (χ4v) is 5.92. The first-order valence-electron chi connectivity index (χ1n) is 11.6. The highest BCUT2D eigenvalue weighted by atomic mass is 127. The van der Waals surface area contributed by atoms with Gasteiger partial charge in [-0.1, -0.05) is 20.8 Å². The average Bonchev–Trinajstić information content (AvgIpc) is 2.66. The number of sulfonamides is 1. The Labute approximate surface area is 201 Å². The minimum atomic E-state index is -3.08. The molecule has 0 radical (unpaired) electrons. The second-order valence-electron chi connectivity index (χ2n) is 9.01. The zero-order chi connectivity index (χ0) is 21.3. The molecule has 0 bridgehead atoms. The van der Waals surface area contributed by atoms with Crippen molar-refractivity contribution in [3.63, 3.8) is 0 Å². The second-order valence-corrected chi connectivity index (χ2v) is 11.1. The molecule has 2 N–H and O–H groups in total. The molecule has 0 saturated carbocycles. The minimum absolute atomic E-state index is 0. The van der Waals surface area contributed by atoms with E-state index in [2.05, 4.69) is 36.3 Å². The molecule has 2 aliphatic rings. The molecule has 2 heterocycles. The van der Waals surface area contributed by atoms with Crippen molar-refractivity contribution in [2.24, 2.45) is 16.8 Å². The zero-order valence-corrected chi connectivity index (χ0v) is 22.5.